The summed E-state index contributed by atoms with van der Waals surface area (Å²) in [7, 11) is 0. The maximum atomic E-state index is 13.0. The van der Waals surface area contributed by atoms with E-state index in [1.807, 2.05) is 0 Å². The number of alkyl halides is 1. The van der Waals surface area contributed by atoms with Crippen molar-refractivity contribution < 1.29 is 4.39 Å². The molecule has 0 saturated carbocycles. The van der Waals surface area contributed by atoms with Crippen LogP contribution in [0.15, 0.2) is 0 Å². The number of nitrogen functional groups attached to an aromatic ring is 1. The van der Waals surface area contributed by atoms with Crippen LogP contribution in [0.3, 0.4) is 0 Å². The molecule has 1 aromatic heterocycles. The van der Waals surface area contributed by atoms with Crippen LogP contribution >= 0.6 is 11.3 Å². The van der Waals surface area contributed by atoms with Gasteiger partial charge in [-0.15, -0.1) is 10.2 Å². The smallest absolute Gasteiger partial charge is 0.203 e. The Labute approximate surface area is 62.1 Å². The number of rotatable bonds is 1. The summed E-state index contributed by atoms with van der Waals surface area (Å²) in [5.74, 6) is 0. The molecule has 0 radical (unpaired) electrons. The third-order valence-electron chi connectivity index (χ3n) is 0.949. The van der Waals surface area contributed by atoms with Gasteiger partial charge in [-0.05, 0) is 13.8 Å². The number of hydrogen-bond donors (Lipinski definition) is 1. The maximum absolute atomic E-state index is 13.0. The van der Waals surface area contributed by atoms with Gasteiger partial charge < -0.3 is 5.73 Å². The summed E-state index contributed by atoms with van der Waals surface area (Å²) < 4.78 is 13.0. The molecule has 5 heteroatoms. The number of hydrogen-bond acceptors (Lipinski definition) is 4. The largest absolute Gasteiger partial charge is 0.374 e. The van der Waals surface area contributed by atoms with Gasteiger partial charge in [0.25, 0.3) is 0 Å². The molecule has 0 aliphatic heterocycles. The molecule has 0 aliphatic carbocycles. The number of anilines is 1. The highest BCUT2D eigenvalue weighted by Gasteiger charge is 2.23. The molecular weight excluding hydrogens is 153 g/mol. The van der Waals surface area contributed by atoms with Crippen LogP contribution in [0.4, 0.5) is 9.52 Å². The quantitative estimate of drug-likeness (QED) is 0.676. The average Bonchev–Trinajstić information content (AvgIpc) is 2.11. The van der Waals surface area contributed by atoms with E-state index in [0.29, 0.717) is 10.1 Å². The zero-order valence-electron chi connectivity index (χ0n) is 5.76. The van der Waals surface area contributed by atoms with Gasteiger partial charge in [-0.25, -0.2) is 4.39 Å². The van der Waals surface area contributed by atoms with Crippen LogP contribution < -0.4 is 5.73 Å². The molecule has 0 unspecified atom stereocenters. The van der Waals surface area contributed by atoms with E-state index in [1.165, 1.54) is 13.8 Å². The van der Waals surface area contributed by atoms with E-state index in [0.717, 1.165) is 11.3 Å². The van der Waals surface area contributed by atoms with Crippen LogP contribution in [0.25, 0.3) is 0 Å². The molecule has 10 heavy (non-hydrogen) atoms. The van der Waals surface area contributed by atoms with Crippen molar-refractivity contribution in [2.24, 2.45) is 0 Å². The van der Waals surface area contributed by atoms with Gasteiger partial charge in [0, 0.05) is 0 Å². The van der Waals surface area contributed by atoms with Crippen molar-refractivity contribution in [1.82, 2.24) is 10.2 Å². The summed E-state index contributed by atoms with van der Waals surface area (Å²) in [6.07, 6.45) is 0. The molecule has 2 N–H and O–H groups in total. The topological polar surface area (TPSA) is 51.8 Å². The Kier molecular flexibility index (Phi) is 1.60. The molecule has 0 aromatic carbocycles. The standard InChI is InChI=1S/C5H8FN3S/c1-5(2,6)3-8-9-4(7)10-3/h1-2H3,(H2,7,9). The van der Waals surface area contributed by atoms with Gasteiger partial charge in [0.1, 0.15) is 0 Å². The molecule has 0 amide bonds. The Hall–Kier alpha value is -0.710. The summed E-state index contributed by atoms with van der Waals surface area (Å²) in [6, 6.07) is 0. The SMILES string of the molecule is CC(C)(F)c1nnc(N)s1. The molecule has 1 heterocycles. The maximum Gasteiger partial charge on any atom is 0.203 e. The fourth-order valence-electron chi connectivity index (χ4n) is 0.475. The van der Waals surface area contributed by atoms with Gasteiger partial charge >= 0.3 is 0 Å². The Morgan fingerprint density at radius 2 is 2.10 bits per heavy atom. The van der Waals surface area contributed by atoms with Gasteiger partial charge in [0.2, 0.25) is 5.13 Å². The molecule has 56 valence electrons. The fraction of sp³-hybridized carbons (Fsp3) is 0.600. The monoisotopic (exact) mass is 161 g/mol. The second-order valence-corrected chi connectivity index (χ2v) is 3.43. The van der Waals surface area contributed by atoms with Gasteiger partial charge in [-0.3, -0.25) is 0 Å². The molecule has 1 aromatic rings. The Morgan fingerprint density at radius 1 is 1.50 bits per heavy atom. The van der Waals surface area contributed by atoms with Gasteiger partial charge in [-0.2, -0.15) is 0 Å². The predicted octanol–water partition coefficient (Wildman–Crippen LogP) is 1.32. The lowest BCUT2D eigenvalue weighted by molar-refractivity contribution is 0.219. The normalized spacial score (nSPS) is 11.9. The van der Waals surface area contributed by atoms with E-state index >= 15 is 0 Å². The Balaban J connectivity index is 2.96. The van der Waals surface area contributed by atoms with Gasteiger partial charge in [0.05, 0.1) is 0 Å². The van der Waals surface area contributed by atoms with Crippen molar-refractivity contribution in [3.63, 3.8) is 0 Å². The number of nitrogens with two attached hydrogens (primary N) is 1. The molecule has 0 fully saturated rings. The van der Waals surface area contributed by atoms with Crippen LogP contribution in [-0.2, 0) is 5.67 Å². The molecule has 0 spiro atoms. The molecule has 3 nitrogen and oxygen atoms in total. The second kappa shape index (κ2) is 2.16. The molecular formula is C5H8FN3S. The van der Waals surface area contributed by atoms with Crippen LogP contribution in [0.1, 0.15) is 18.9 Å². The molecule has 0 atom stereocenters. The predicted molar refractivity (Wildman–Crippen MR) is 38.5 cm³/mol. The van der Waals surface area contributed by atoms with Crippen LogP contribution in [0.5, 0.6) is 0 Å². The second-order valence-electron chi connectivity index (χ2n) is 2.42. The van der Waals surface area contributed by atoms with E-state index in [2.05, 4.69) is 10.2 Å². The van der Waals surface area contributed by atoms with Crippen molar-refractivity contribution in [1.29, 1.82) is 0 Å². The summed E-state index contributed by atoms with van der Waals surface area (Å²) in [5.41, 5.74) is 3.83. The minimum atomic E-state index is -1.42. The van der Waals surface area contributed by atoms with E-state index in [-0.39, 0.29) is 0 Å². The molecule has 0 saturated heterocycles. The van der Waals surface area contributed by atoms with Crippen LogP contribution in [0.2, 0.25) is 0 Å². The minimum Gasteiger partial charge on any atom is -0.374 e. The van der Waals surface area contributed by atoms with Crippen molar-refractivity contribution in [3.8, 4) is 0 Å². The van der Waals surface area contributed by atoms with Gasteiger partial charge in [-0.1, -0.05) is 11.3 Å². The first-order chi connectivity index (χ1) is 4.50. The summed E-state index contributed by atoms with van der Waals surface area (Å²) in [5, 5.41) is 7.68. The highest BCUT2D eigenvalue weighted by Crippen LogP contribution is 2.27. The van der Waals surface area contributed by atoms with Crippen molar-refractivity contribution in [3.05, 3.63) is 5.01 Å². The van der Waals surface area contributed by atoms with Gasteiger partial charge in [0.15, 0.2) is 10.7 Å². The van der Waals surface area contributed by atoms with Crippen molar-refractivity contribution in [2.75, 3.05) is 5.73 Å². The first-order valence-corrected chi connectivity index (χ1v) is 3.60. The number of halogens is 1. The molecule has 0 aliphatic rings. The summed E-state index contributed by atoms with van der Waals surface area (Å²) in [6.45, 7) is 2.85. The van der Waals surface area contributed by atoms with Crippen LogP contribution in [-0.4, -0.2) is 10.2 Å². The summed E-state index contributed by atoms with van der Waals surface area (Å²) >= 11 is 1.08. The lowest BCUT2D eigenvalue weighted by Crippen LogP contribution is -2.07. The molecule has 0 bridgehead atoms. The zero-order chi connectivity index (χ0) is 7.78. The fourth-order valence-corrected chi connectivity index (χ4v) is 1.08. The third-order valence-corrected chi connectivity index (χ3v) is 2.00. The highest BCUT2D eigenvalue weighted by molar-refractivity contribution is 7.15. The zero-order valence-corrected chi connectivity index (χ0v) is 6.57. The van der Waals surface area contributed by atoms with E-state index in [9.17, 15) is 4.39 Å². The number of aromatic nitrogens is 2. The first-order valence-electron chi connectivity index (χ1n) is 2.78. The van der Waals surface area contributed by atoms with E-state index < -0.39 is 5.67 Å². The van der Waals surface area contributed by atoms with E-state index in [4.69, 9.17) is 5.73 Å². The van der Waals surface area contributed by atoms with Crippen molar-refractivity contribution >= 4 is 16.5 Å². The summed E-state index contributed by atoms with van der Waals surface area (Å²) in [4.78, 5) is 0. The molecule has 1 rings (SSSR count). The highest BCUT2D eigenvalue weighted by atomic mass is 32.1. The van der Waals surface area contributed by atoms with E-state index in [1.54, 1.807) is 0 Å². The lowest BCUT2D eigenvalue weighted by atomic mass is 10.2. The first kappa shape index (κ1) is 7.40. The number of nitrogens with zero attached hydrogens (tertiary/aromatic N) is 2. The Bertz CT molecular complexity index is 227. The van der Waals surface area contributed by atoms with Crippen LogP contribution in [0, 0.1) is 0 Å². The van der Waals surface area contributed by atoms with Crippen molar-refractivity contribution in [2.45, 2.75) is 19.5 Å². The lowest BCUT2D eigenvalue weighted by Gasteiger charge is -2.06. The average molecular weight is 161 g/mol. The third kappa shape index (κ3) is 1.41. The minimum absolute atomic E-state index is 0.306. The Morgan fingerprint density at radius 3 is 2.30 bits per heavy atom.